The van der Waals surface area contributed by atoms with Crippen LogP contribution in [0.1, 0.15) is 36.0 Å². The summed E-state index contributed by atoms with van der Waals surface area (Å²) in [5.74, 6) is 0.498. The van der Waals surface area contributed by atoms with Gasteiger partial charge in [0.1, 0.15) is 0 Å². The van der Waals surface area contributed by atoms with Gasteiger partial charge in [-0.05, 0) is 56.2 Å². The van der Waals surface area contributed by atoms with E-state index in [1.54, 1.807) is 6.92 Å². The molecule has 106 valence electrons. The summed E-state index contributed by atoms with van der Waals surface area (Å²) < 4.78 is 27.6. The standard InChI is InChI=1S/C14H22N2O2S/c1-9-7-10(2)14(11(3)13(9)15)19(17,18)16-8-12-5-4-6-12/h7,12,16H,4-6,8,15H2,1-3H3. The van der Waals surface area contributed by atoms with Gasteiger partial charge in [0, 0.05) is 12.2 Å². The number of hydrogen-bond donors (Lipinski definition) is 2. The lowest BCUT2D eigenvalue weighted by molar-refractivity contribution is 0.316. The van der Waals surface area contributed by atoms with Gasteiger partial charge in [-0.2, -0.15) is 0 Å². The van der Waals surface area contributed by atoms with Gasteiger partial charge in [0.2, 0.25) is 10.0 Å². The Morgan fingerprint density at radius 2 is 1.89 bits per heavy atom. The predicted octanol–water partition coefficient (Wildman–Crippen LogP) is 2.27. The fourth-order valence-corrected chi connectivity index (χ4v) is 4.19. The molecule has 0 bridgehead atoms. The number of nitrogens with one attached hydrogen (secondary N) is 1. The highest BCUT2D eigenvalue weighted by Crippen LogP contribution is 2.29. The molecule has 0 saturated heterocycles. The van der Waals surface area contributed by atoms with Crippen molar-refractivity contribution >= 4 is 15.7 Å². The molecule has 0 amide bonds. The largest absolute Gasteiger partial charge is 0.398 e. The predicted molar refractivity (Wildman–Crippen MR) is 77.6 cm³/mol. The molecule has 1 aliphatic rings. The summed E-state index contributed by atoms with van der Waals surface area (Å²) in [5, 5.41) is 0. The molecule has 0 heterocycles. The van der Waals surface area contributed by atoms with E-state index in [1.807, 2.05) is 19.9 Å². The van der Waals surface area contributed by atoms with E-state index < -0.39 is 10.0 Å². The lowest BCUT2D eigenvalue weighted by Crippen LogP contribution is -2.33. The maximum Gasteiger partial charge on any atom is 0.241 e. The number of anilines is 1. The first-order valence-corrected chi connectivity index (χ1v) is 8.17. The zero-order chi connectivity index (χ0) is 14.2. The number of rotatable bonds is 4. The third-order valence-corrected chi connectivity index (χ3v) is 5.73. The average molecular weight is 282 g/mol. The molecule has 1 aromatic rings. The van der Waals surface area contributed by atoms with Crippen molar-refractivity contribution in [3.63, 3.8) is 0 Å². The Hall–Kier alpha value is -1.07. The number of aryl methyl sites for hydroxylation is 2. The second-order valence-corrected chi connectivity index (χ2v) is 7.23. The van der Waals surface area contributed by atoms with E-state index in [0.717, 1.165) is 24.0 Å². The van der Waals surface area contributed by atoms with Crippen molar-refractivity contribution in [3.05, 3.63) is 22.8 Å². The number of hydrogen-bond acceptors (Lipinski definition) is 3. The van der Waals surface area contributed by atoms with Crippen molar-refractivity contribution in [1.29, 1.82) is 0 Å². The zero-order valence-corrected chi connectivity index (χ0v) is 12.6. The Bertz CT molecular complexity index is 590. The third-order valence-electron chi connectivity index (χ3n) is 4.02. The van der Waals surface area contributed by atoms with Gasteiger partial charge in [-0.25, -0.2) is 13.1 Å². The molecular formula is C14H22N2O2S. The van der Waals surface area contributed by atoms with Crippen LogP contribution in [0.3, 0.4) is 0 Å². The summed E-state index contributed by atoms with van der Waals surface area (Å²) in [6.45, 7) is 6.02. The average Bonchev–Trinajstić information content (AvgIpc) is 2.23. The second-order valence-electron chi connectivity index (χ2n) is 5.53. The second kappa shape index (κ2) is 5.13. The smallest absolute Gasteiger partial charge is 0.241 e. The van der Waals surface area contributed by atoms with Crippen LogP contribution in [0.15, 0.2) is 11.0 Å². The summed E-state index contributed by atoms with van der Waals surface area (Å²) in [6, 6.07) is 1.83. The van der Waals surface area contributed by atoms with E-state index >= 15 is 0 Å². The summed E-state index contributed by atoms with van der Waals surface area (Å²) in [5.41, 5.74) is 8.84. The quantitative estimate of drug-likeness (QED) is 0.832. The molecular weight excluding hydrogens is 260 g/mol. The highest BCUT2D eigenvalue weighted by atomic mass is 32.2. The molecule has 1 aromatic carbocycles. The first kappa shape index (κ1) is 14.3. The molecule has 2 rings (SSSR count). The van der Waals surface area contributed by atoms with Crippen LogP contribution in [0.25, 0.3) is 0 Å². The topological polar surface area (TPSA) is 72.2 Å². The molecule has 1 aliphatic carbocycles. The molecule has 0 aliphatic heterocycles. The minimum absolute atomic E-state index is 0.343. The van der Waals surface area contributed by atoms with Gasteiger partial charge in [0.05, 0.1) is 4.90 Å². The number of benzene rings is 1. The van der Waals surface area contributed by atoms with Gasteiger partial charge in [-0.3, -0.25) is 0 Å². The van der Waals surface area contributed by atoms with Crippen molar-refractivity contribution in [2.75, 3.05) is 12.3 Å². The SMILES string of the molecule is Cc1cc(C)c(S(=O)(=O)NCC2CCC2)c(C)c1N. The lowest BCUT2D eigenvalue weighted by Gasteiger charge is -2.25. The summed E-state index contributed by atoms with van der Waals surface area (Å²) in [7, 11) is -3.46. The minimum atomic E-state index is -3.46. The molecule has 5 heteroatoms. The fraction of sp³-hybridized carbons (Fsp3) is 0.571. The van der Waals surface area contributed by atoms with E-state index in [0.29, 0.717) is 28.6 Å². The van der Waals surface area contributed by atoms with Gasteiger partial charge >= 0.3 is 0 Å². The first-order chi connectivity index (χ1) is 8.83. The van der Waals surface area contributed by atoms with Gasteiger partial charge in [0.25, 0.3) is 0 Å². The molecule has 0 unspecified atom stereocenters. The van der Waals surface area contributed by atoms with E-state index in [2.05, 4.69) is 4.72 Å². The number of nitrogens with two attached hydrogens (primary N) is 1. The normalized spacial score (nSPS) is 16.4. The van der Waals surface area contributed by atoms with Crippen LogP contribution in [-0.2, 0) is 10.0 Å². The molecule has 0 radical (unpaired) electrons. The zero-order valence-electron chi connectivity index (χ0n) is 11.8. The monoisotopic (exact) mass is 282 g/mol. The third kappa shape index (κ3) is 2.77. The van der Waals surface area contributed by atoms with Gasteiger partial charge < -0.3 is 5.73 Å². The summed E-state index contributed by atoms with van der Waals surface area (Å²) in [6.07, 6.45) is 3.45. The molecule has 3 N–H and O–H groups in total. The first-order valence-electron chi connectivity index (χ1n) is 6.69. The van der Waals surface area contributed by atoms with Crippen LogP contribution in [0.5, 0.6) is 0 Å². The molecule has 0 atom stereocenters. The van der Waals surface area contributed by atoms with Crippen molar-refractivity contribution in [3.8, 4) is 0 Å². The van der Waals surface area contributed by atoms with Crippen LogP contribution in [0.2, 0.25) is 0 Å². The van der Waals surface area contributed by atoms with Crippen LogP contribution in [-0.4, -0.2) is 15.0 Å². The van der Waals surface area contributed by atoms with Crippen LogP contribution in [0, 0.1) is 26.7 Å². The van der Waals surface area contributed by atoms with E-state index in [1.165, 1.54) is 6.42 Å². The van der Waals surface area contributed by atoms with E-state index in [4.69, 9.17) is 5.73 Å². The highest BCUT2D eigenvalue weighted by Gasteiger charge is 2.24. The molecule has 0 spiro atoms. The van der Waals surface area contributed by atoms with Crippen molar-refractivity contribution in [2.45, 2.75) is 44.9 Å². The minimum Gasteiger partial charge on any atom is -0.398 e. The number of nitrogen functional groups attached to an aromatic ring is 1. The Balaban J connectivity index is 2.31. The van der Waals surface area contributed by atoms with Gasteiger partial charge in [-0.15, -0.1) is 0 Å². The Morgan fingerprint density at radius 1 is 1.26 bits per heavy atom. The Morgan fingerprint density at radius 3 is 2.42 bits per heavy atom. The van der Waals surface area contributed by atoms with Crippen molar-refractivity contribution in [1.82, 2.24) is 4.72 Å². The van der Waals surface area contributed by atoms with E-state index in [9.17, 15) is 8.42 Å². The fourth-order valence-electron chi connectivity index (χ4n) is 2.59. The maximum absolute atomic E-state index is 12.4. The molecule has 0 aromatic heterocycles. The van der Waals surface area contributed by atoms with Crippen LogP contribution >= 0.6 is 0 Å². The summed E-state index contributed by atoms with van der Waals surface area (Å²) in [4.78, 5) is 0.343. The molecule has 1 saturated carbocycles. The highest BCUT2D eigenvalue weighted by molar-refractivity contribution is 7.89. The van der Waals surface area contributed by atoms with Gasteiger partial charge in [-0.1, -0.05) is 12.5 Å². The van der Waals surface area contributed by atoms with Gasteiger partial charge in [0.15, 0.2) is 0 Å². The maximum atomic E-state index is 12.4. The molecule has 19 heavy (non-hydrogen) atoms. The van der Waals surface area contributed by atoms with Crippen LogP contribution < -0.4 is 10.5 Å². The lowest BCUT2D eigenvalue weighted by atomic mass is 9.86. The van der Waals surface area contributed by atoms with Crippen LogP contribution in [0.4, 0.5) is 5.69 Å². The Kier molecular flexibility index (Phi) is 3.87. The van der Waals surface area contributed by atoms with Crippen molar-refractivity contribution in [2.24, 2.45) is 5.92 Å². The van der Waals surface area contributed by atoms with Crippen molar-refractivity contribution < 1.29 is 8.42 Å². The molecule has 1 fully saturated rings. The molecule has 4 nitrogen and oxygen atoms in total. The Labute approximate surface area is 115 Å². The summed E-state index contributed by atoms with van der Waals surface area (Å²) >= 11 is 0. The van der Waals surface area contributed by atoms with E-state index in [-0.39, 0.29) is 0 Å². The number of sulfonamides is 1.